The lowest BCUT2D eigenvalue weighted by Crippen LogP contribution is -2.43. The van der Waals surface area contributed by atoms with E-state index in [1.54, 1.807) is 0 Å². The molecule has 0 unspecified atom stereocenters. The number of thioether (sulfide) groups is 1. The molecule has 0 spiro atoms. The number of amidine groups is 1. The van der Waals surface area contributed by atoms with Crippen molar-refractivity contribution >= 4 is 28.0 Å². The summed E-state index contributed by atoms with van der Waals surface area (Å²) in [4.78, 5) is 7.38. The Labute approximate surface area is 79.1 Å². The minimum Gasteiger partial charge on any atom is -0.332 e. The number of aromatic nitrogens is 2. The second-order valence-electron chi connectivity index (χ2n) is 2.56. The van der Waals surface area contributed by atoms with Crippen LogP contribution >= 0.6 is 11.8 Å². The van der Waals surface area contributed by atoms with Crippen molar-refractivity contribution in [1.82, 2.24) is 9.97 Å². The van der Waals surface area contributed by atoms with E-state index in [0.29, 0.717) is 5.17 Å². The Hall–Kier alpha value is -1.49. The van der Waals surface area contributed by atoms with E-state index in [9.17, 15) is 0 Å². The predicted octanol–water partition coefficient (Wildman–Crippen LogP) is -0.271. The minimum atomic E-state index is 0.291. The highest BCUT2D eigenvalue weighted by atomic mass is 32.2. The van der Waals surface area contributed by atoms with Gasteiger partial charge in [0.15, 0.2) is 5.16 Å². The monoisotopic (exact) mass is 193 g/mol. The van der Waals surface area contributed by atoms with Gasteiger partial charge in [0.1, 0.15) is 0 Å². The molecule has 2 rings (SSSR count). The van der Waals surface area contributed by atoms with E-state index in [1.165, 1.54) is 11.8 Å². The Morgan fingerprint density at radius 1 is 1.46 bits per heavy atom. The van der Waals surface area contributed by atoms with Crippen molar-refractivity contribution in [2.75, 3.05) is 0 Å². The molecule has 0 aliphatic heterocycles. The average molecular weight is 193 g/mol. The Balaban J connectivity index is 2.44. The van der Waals surface area contributed by atoms with Gasteiger partial charge in [-0.15, -0.1) is 0 Å². The zero-order valence-corrected chi connectivity index (χ0v) is 7.64. The van der Waals surface area contributed by atoms with Gasteiger partial charge in [-0.3, -0.25) is 11.1 Å². The highest BCUT2D eigenvalue weighted by Gasteiger charge is 2.05. The fourth-order valence-corrected chi connectivity index (χ4v) is 1.62. The largest absolute Gasteiger partial charge is 0.332 e. The Bertz CT molecular complexity index is 415. The number of para-hydroxylation sites is 2. The maximum atomic E-state index is 5.34. The molecule has 0 saturated carbocycles. The molecule has 0 radical (unpaired) electrons. The summed E-state index contributed by atoms with van der Waals surface area (Å²) < 4.78 is 0. The van der Waals surface area contributed by atoms with Gasteiger partial charge in [-0.25, -0.2) is 4.98 Å². The molecule has 0 fully saturated rings. The molecule has 0 amide bonds. The van der Waals surface area contributed by atoms with Crippen molar-refractivity contribution in [3.05, 3.63) is 24.3 Å². The topological polar surface area (TPSA) is 80.3 Å². The number of fused-ring (bicyclic) bond motifs is 1. The van der Waals surface area contributed by atoms with Gasteiger partial charge in [-0.05, 0) is 12.1 Å². The van der Waals surface area contributed by atoms with E-state index in [0.717, 1.165) is 16.2 Å². The molecule has 1 heterocycles. The summed E-state index contributed by atoms with van der Waals surface area (Å²) in [7, 11) is 0. The third kappa shape index (κ3) is 1.65. The summed E-state index contributed by atoms with van der Waals surface area (Å²) in [5, 5.41) is 6.36. The average Bonchev–Trinajstić information content (AvgIpc) is 2.44. The van der Waals surface area contributed by atoms with E-state index in [-0.39, 0.29) is 0 Å². The summed E-state index contributed by atoms with van der Waals surface area (Å²) in [6.45, 7) is 0. The van der Waals surface area contributed by atoms with Gasteiger partial charge in [0.05, 0.1) is 11.0 Å². The molecule has 2 aromatic rings. The van der Waals surface area contributed by atoms with Gasteiger partial charge in [0.25, 0.3) is 0 Å². The normalized spacial score (nSPS) is 10.5. The lowest BCUT2D eigenvalue weighted by Gasteiger charge is -1.84. The summed E-state index contributed by atoms with van der Waals surface area (Å²) >= 11 is 1.23. The van der Waals surface area contributed by atoms with Crippen LogP contribution in [0.25, 0.3) is 11.0 Å². The van der Waals surface area contributed by atoms with Crippen LogP contribution < -0.4 is 11.1 Å². The van der Waals surface area contributed by atoms with Gasteiger partial charge in [0, 0.05) is 11.8 Å². The Kier molecular flexibility index (Phi) is 1.94. The molecule has 5 N–H and O–H groups in total. The van der Waals surface area contributed by atoms with Crippen LogP contribution in [-0.2, 0) is 0 Å². The van der Waals surface area contributed by atoms with Crippen LogP contribution in [0.4, 0.5) is 0 Å². The highest BCUT2D eigenvalue weighted by Crippen LogP contribution is 2.17. The fraction of sp³-hybridized carbons (Fsp3) is 0. The number of aromatic amines is 1. The number of hydrogen-bond donors (Lipinski definition) is 3. The molecule has 0 saturated heterocycles. The third-order valence-electron chi connectivity index (χ3n) is 1.58. The predicted molar refractivity (Wildman–Crippen MR) is 53.1 cm³/mol. The van der Waals surface area contributed by atoms with Gasteiger partial charge >= 0.3 is 5.17 Å². The standard InChI is InChI=1S/C8H8N4S/c9-7(10)13-8-11-5-3-1-2-4-6(5)12-8/h1-4H,(H3,9,10)(H,11,12)/p+1. The molecule has 5 heteroatoms. The molecule has 66 valence electrons. The van der Waals surface area contributed by atoms with Crippen LogP contribution in [0.3, 0.4) is 0 Å². The van der Waals surface area contributed by atoms with E-state index in [2.05, 4.69) is 9.97 Å². The van der Waals surface area contributed by atoms with E-state index in [1.807, 2.05) is 24.3 Å². The zero-order valence-electron chi connectivity index (χ0n) is 6.82. The third-order valence-corrected chi connectivity index (χ3v) is 2.20. The summed E-state index contributed by atoms with van der Waals surface area (Å²) in [6.07, 6.45) is 0. The lowest BCUT2D eigenvalue weighted by molar-refractivity contribution is -0.110. The van der Waals surface area contributed by atoms with Crippen LogP contribution in [0.2, 0.25) is 0 Å². The lowest BCUT2D eigenvalue weighted by atomic mass is 10.3. The molecule has 0 atom stereocenters. The Morgan fingerprint density at radius 2 is 2.23 bits per heavy atom. The number of benzene rings is 1. The molecule has 0 bridgehead atoms. The van der Waals surface area contributed by atoms with Crippen molar-refractivity contribution in [2.45, 2.75) is 5.16 Å². The van der Waals surface area contributed by atoms with Crippen molar-refractivity contribution in [3.8, 4) is 0 Å². The SMILES string of the molecule is NC(=[NH2+])Sc1nc2ccccc2[nH]1. The first-order chi connectivity index (χ1) is 6.25. The van der Waals surface area contributed by atoms with Gasteiger partial charge in [0.2, 0.25) is 0 Å². The number of hydrogen-bond acceptors (Lipinski definition) is 2. The summed E-state index contributed by atoms with van der Waals surface area (Å²) in [6, 6.07) is 7.78. The molecule has 13 heavy (non-hydrogen) atoms. The number of imidazole rings is 1. The van der Waals surface area contributed by atoms with E-state index >= 15 is 0 Å². The smallest absolute Gasteiger partial charge is 0.307 e. The van der Waals surface area contributed by atoms with Crippen molar-refractivity contribution in [3.63, 3.8) is 0 Å². The minimum absolute atomic E-state index is 0.291. The quantitative estimate of drug-likeness (QED) is 0.331. The molecule has 1 aromatic carbocycles. The Morgan fingerprint density at radius 3 is 2.92 bits per heavy atom. The molecule has 4 nitrogen and oxygen atoms in total. The summed E-state index contributed by atoms with van der Waals surface area (Å²) in [5.41, 5.74) is 7.26. The van der Waals surface area contributed by atoms with Crippen LogP contribution in [0, 0.1) is 0 Å². The van der Waals surface area contributed by atoms with Crippen molar-refractivity contribution in [1.29, 1.82) is 0 Å². The van der Waals surface area contributed by atoms with Crippen LogP contribution in [0.1, 0.15) is 0 Å². The first-order valence-electron chi connectivity index (χ1n) is 3.76. The second-order valence-corrected chi connectivity index (χ2v) is 3.63. The molecule has 0 aliphatic carbocycles. The zero-order chi connectivity index (χ0) is 9.26. The first kappa shape index (κ1) is 8.12. The number of nitrogens with one attached hydrogen (secondary N) is 1. The van der Waals surface area contributed by atoms with E-state index in [4.69, 9.17) is 11.1 Å². The molecular formula is C8H9N4S+. The van der Waals surface area contributed by atoms with Crippen LogP contribution in [0.5, 0.6) is 0 Å². The van der Waals surface area contributed by atoms with Crippen molar-refractivity contribution in [2.24, 2.45) is 5.73 Å². The number of nitrogens with zero attached hydrogens (tertiary/aromatic N) is 1. The second kappa shape index (κ2) is 3.10. The fourth-order valence-electron chi connectivity index (χ4n) is 1.09. The van der Waals surface area contributed by atoms with Crippen molar-refractivity contribution < 1.29 is 5.41 Å². The van der Waals surface area contributed by atoms with E-state index < -0.39 is 0 Å². The number of nitrogens with two attached hydrogens (primary N) is 2. The number of H-pyrrole nitrogens is 1. The van der Waals surface area contributed by atoms with Crippen LogP contribution in [0.15, 0.2) is 29.4 Å². The maximum absolute atomic E-state index is 5.34. The van der Waals surface area contributed by atoms with Gasteiger partial charge in [-0.1, -0.05) is 12.1 Å². The number of rotatable bonds is 1. The van der Waals surface area contributed by atoms with Crippen LogP contribution in [-0.4, -0.2) is 15.1 Å². The highest BCUT2D eigenvalue weighted by molar-refractivity contribution is 8.13. The maximum Gasteiger partial charge on any atom is 0.307 e. The first-order valence-corrected chi connectivity index (χ1v) is 4.58. The molecule has 1 aromatic heterocycles. The summed E-state index contributed by atoms with van der Waals surface area (Å²) in [5.74, 6) is 0. The van der Waals surface area contributed by atoms with Gasteiger partial charge in [-0.2, -0.15) is 0 Å². The molecule has 0 aliphatic rings. The molecular weight excluding hydrogens is 184 g/mol. The van der Waals surface area contributed by atoms with Gasteiger partial charge < -0.3 is 4.98 Å².